The van der Waals surface area contributed by atoms with Crippen molar-refractivity contribution >= 4 is 99.5 Å². The molecular formula is C68H51N3O3S. The number of carboxylic acids is 1. The molecule has 1 amide bonds. The van der Waals surface area contributed by atoms with Gasteiger partial charge >= 0.3 is 5.97 Å². The van der Waals surface area contributed by atoms with Crippen LogP contribution in [0.4, 0.5) is 17.1 Å². The lowest BCUT2D eigenvalue weighted by atomic mass is 9.95. The van der Waals surface area contributed by atoms with Crippen molar-refractivity contribution in [2.45, 2.75) is 0 Å². The average Bonchev–Trinajstić information content (AvgIpc) is 3.82. The van der Waals surface area contributed by atoms with Crippen LogP contribution < -0.4 is 10.2 Å². The summed E-state index contributed by atoms with van der Waals surface area (Å²) in [4.78, 5) is 29.8. The van der Waals surface area contributed by atoms with Gasteiger partial charge in [0, 0.05) is 17.1 Å². The van der Waals surface area contributed by atoms with E-state index in [2.05, 4.69) is 264 Å². The van der Waals surface area contributed by atoms with Crippen molar-refractivity contribution in [3.8, 4) is 0 Å². The molecule has 7 heteroatoms. The van der Waals surface area contributed by atoms with Gasteiger partial charge in [0.05, 0.1) is 5.75 Å². The van der Waals surface area contributed by atoms with Crippen molar-refractivity contribution in [2.75, 3.05) is 10.7 Å². The first-order valence-corrected chi connectivity index (χ1v) is 25.6. The van der Waals surface area contributed by atoms with Crippen molar-refractivity contribution in [1.29, 1.82) is 0 Å². The molecule has 9 aromatic rings. The summed E-state index contributed by atoms with van der Waals surface area (Å²) in [6.07, 6.45) is 14.6. The van der Waals surface area contributed by atoms with Crippen LogP contribution in [0.5, 0.6) is 0 Å². The molecule has 0 fully saturated rings. The van der Waals surface area contributed by atoms with Crippen molar-refractivity contribution in [3.05, 3.63) is 310 Å². The SMILES string of the molecule is O=C(O)CSC1=N/C(=C\c2ccc(/C=C/c3ccc(/C=C/c4ccc(N(c5ccc(C=C(c6ccccc6)c6ccccc6)cc5)c5ccc(C=C(c6ccccc6)c6ccccc6)cc5)cc4)cc3)cc2)C(=O)N1. The second-order valence-corrected chi connectivity index (χ2v) is 18.7. The fraction of sp³-hybridized carbons (Fsp3) is 0.0147. The maximum Gasteiger partial charge on any atom is 0.313 e. The van der Waals surface area contributed by atoms with Crippen LogP contribution in [0.25, 0.3) is 53.7 Å². The van der Waals surface area contributed by atoms with Gasteiger partial charge in [-0.1, -0.05) is 242 Å². The second-order valence-electron chi connectivity index (χ2n) is 17.8. The van der Waals surface area contributed by atoms with E-state index in [0.717, 1.165) is 67.8 Å². The molecule has 0 spiro atoms. The van der Waals surface area contributed by atoms with E-state index in [-0.39, 0.29) is 17.4 Å². The number of carbonyl (C=O) groups is 2. The van der Waals surface area contributed by atoms with Gasteiger partial charge in [0.15, 0.2) is 5.17 Å². The summed E-state index contributed by atoms with van der Waals surface area (Å²) < 4.78 is 0. The lowest BCUT2D eigenvalue weighted by Crippen LogP contribution is -2.22. The molecular weight excluding hydrogens is 939 g/mol. The molecule has 0 saturated carbocycles. The summed E-state index contributed by atoms with van der Waals surface area (Å²) in [5.74, 6) is -1.49. The smallest absolute Gasteiger partial charge is 0.313 e. The van der Waals surface area contributed by atoms with Crippen molar-refractivity contribution in [3.63, 3.8) is 0 Å². The van der Waals surface area contributed by atoms with Crippen LogP contribution in [0.1, 0.15) is 61.2 Å². The third-order valence-electron chi connectivity index (χ3n) is 12.5. The van der Waals surface area contributed by atoms with Crippen LogP contribution in [-0.2, 0) is 9.59 Å². The molecule has 0 saturated heterocycles. The Morgan fingerprint density at radius 1 is 0.427 bits per heavy atom. The second kappa shape index (κ2) is 23.8. The fourth-order valence-corrected chi connectivity index (χ4v) is 9.29. The monoisotopic (exact) mass is 989 g/mol. The van der Waals surface area contributed by atoms with E-state index >= 15 is 0 Å². The number of carbonyl (C=O) groups excluding carboxylic acids is 1. The lowest BCUT2D eigenvalue weighted by molar-refractivity contribution is -0.133. The maximum atomic E-state index is 12.3. The molecule has 1 aliphatic rings. The molecule has 362 valence electrons. The molecule has 2 N–H and O–H groups in total. The standard InChI is InChI=1S/C68H51N3O3S/c72-66(73)48-75-68-69-65(67(74)70-68)47-55-31-29-51(30-32-55)26-25-49-21-23-50(24-22-49)27-28-52-33-39-60(40-34-52)71(61-41-35-53(36-42-61)45-63(56-13-5-1-6-14-56)57-15-7-2-8-16-57)62-43-37-54(38-44-62)46-64(58-17-9-3-10-18-58)59-19-11-4-12-20-59/h1-47H,48H2,(H,72,73)(H,69,70,74)/b26-25+,28-27+,65-47-. The Balaban J connectivity index is 0.873. The highest BCUT2D eigenvalue weighted by Crippen LogP contribution is 2.37. The summed E-state index contributed by atoms with van der Waals surface area (Å²) in [5, 5.41) is 11.8. The van der Waals surface area contributed by atoms with E-state index in [4.69, 9.17) is 5.11 Å². The molecule has 1 aliphatic heterocycles. The summed E-state index contributed by atoms with van der Waals surface area (Å²) in [5.41, 5.74) is 17.7. The average molecular weight is 990 g/mol. The molecule has 0 aromatic heterocycles. The first-order valence-electron chi connectivity index (χ1n) is 24.6. The van der Waals surface area contributed by atoms with Gasteiger partial charge in [-0.05, 0) is 127 Å². The topological polar surface area (TPSA) is 82.0 Å². The van der Waals surface area contributed by atoms with Gasteiger partial charge in [0.1, 0.15) is 5.70 Å². The van der Waals surface area contributed by atoms with Crippen LogP contribution in [0, 0.1) is 0 Å². The number of hydrogen-bond acceptors (Lipinski definition) is 5. The fourth-order valence-electron chi connectivity index (χ4n) is 8.70. The van der Waals surface area contributed by atoms with Gasteiger partial charge in [-0.15, -0.1) is 0 Å². The zero-order valence-corrected chi connectivity index (χ0v) is 41.7. The van der Waals surface area contributed by atoms with E-state index < -0.39 is 5.97 Å². The third-order valence-corrected chi connectivity index (χ3v) is 13.4. The van der Waals surface area contributed by atoms with E-state index in [1.54, 1.807) is 6.08 Å². The molecule has 0 atom stereocenters. The number of thioether (sulfide) groups is 1. The van der Waals surface area contributed by atoms with Crippen molar-refractivity contribution in [2.24, 2.45) is 4.99 Å². The molecule has 10 rings (SSSR count). The van der Waals surface area contributed by atoms with Crippen LogP contribution in [0.2, 0.25) is 0 Å². The number of benzene rings is 9. The number of anilines is 3. The molecule has 0 aliphatic carbocycles. The van der Waals surface area contributed by atoms with Crippen LogP contribution in [0.3, 0.4) is 0 Å². The molecule has 9 aromatic carbocycles. The Labute approximate surface area is 442 Å². The zero-order chi connectivity index (χ0) is 51.2. The van der Waals surface area contributed by atoms with Gasteiger partial charge in [0.25, 0.3) is 5.91 Å². The minimum atomic E-state index is -0.970. The summed E-state index contributed by atoms with van der Waals surface area (Å²) in [6, 6.07) is 84.8. The van der Waals surface area contributed by atoms with Crippen LogP contribution in [0.15, 0.2) is 253 Å². The van der Waals surface area contributed by atoms with Gasteiger partial charge < -0.3 is 10.0 Å². The highest BCUT2D eigenvalue weighted by Gasteiger charge is 2.21. The van der Waals surface area contributed by atoms with Gasteiger partial charge in [-0.3, -0.25) is 14.9 Å². The number of aliphatic carboxylic acids is 1. The quantitative estimate of drug-likeness (QED) is 0.0744. The number of amides is 1. The number of carboxylic acid groups (broad SMARTS) is 1. The Morgan fingerprint density at radius 2 is 0.733 bits per heavy atom. The Morgan fingerprint density at radius 3 is 1.07 bits per heavy atom. The number of rotatable bonds is 16. The molecule has 1 heterocycles. The third kappa shape index (κ3) is 12.9. The van der Waals surface area contributed by atoms with Gasteiger partial charge in [0.2, 0.25) is 0 Å². The molecule has 6 nitrogen and oxygen atoms in total. The summed E-state index contributed by atoms with van der Waals surface area (Å²) in [6.45, 7) is 0. The lowest BCUT2D eigenvalue weighted by Gasteiger charge is -2.26. The number of hydrogen-bond donors (Lipinski definition) is 2. The predicted molar refractivity (Wildman–Crippen MR) is 315 cm³/mol. The number of nitrogens with one attached hydrogen (secondary N) is 1. The van der Waals surface area contributed by atoms with Gasteiger partial charge in [-0.2, -0.15) is 0 Å². The molecule has 0 unspecified atom stereocenters. The number of nitrogens with zero attached hydrogens (tertiary/aromatic N) is 2. The molecule has 0 bridgehead atoms. The highest BCUT2D eigenvalue weighted by molar-refractivity contribution is 8.14. The Bertz CT molecular complexity index is 3370. The Kier molecular flexibility index (Phi) is 15.5. The predicted octanol–water partition coefficient (Wildman–Crippen LogP) is 16.3. The normalized spacial score (nSPS) is 12.6. The molecule has 75 heavy (non-hydrogen) atoms. The minimum Gasteiger partial charge on any atom is -0.481 e. The first kappa shape index (κ1) is 49.0. The maximum absolute atomic E-state index is 12.3. The van der Waals surface area contributed by atoms with E-state index in [0.29, 0.717) is 5.17 Å². The van der Waals surface area contributed by atoms with Gasteiger partial charge in [-0.25, -0.2) is 4.99 Å². The van der Waals surface area contributed by atoms with Crippen LogP contribution >= 0.6 is 11.8 Å². The van der Waals surface area contributed by atoms with Crippen LogP contribution in [-0.4, -0.2) is 27.9 Å². The Hall–Kier alpha value is -9.56. The zero-order valence-electron chi connectivity index (χ0n) is 40.9. The van der Waals surface area contributed by atoms with E-state index in [1.165, 1.54) is 33.4 Å². The van der Waals surface area contributed by atoms with Crippen molar-refractivity contribution < 1.29 is 14.7 Å². The first-order chi connectivity index (χ1) is 36.9. The highest BCUT2D eigenvalue weighted by atomic mass is 32.2. The largest absolute Gasteiger partial charge is 0.481 e. The van der Waals surface area contributed by atoms with E-state index in [9.17, 15) is 9.59 Å². The molecule has 0 radical (unpaired) electrons. The summed E-state index contributed by atoms with van der Waals surface area (Å²) in [7, 11) is 0. The number of aliphatic imine (C=N–C) groups is 1. The minimum absolute atomic E-state index is 0.172. The summed E-state index contributed by atoms with van der Waals surface area (Å²) >= 11 is 0.981. The van der Waals surface area contributed by atoms with Crippen molar-refractivity contribution in [1.82, 2.24) is 5.32 Å². The van der Waals surface area contributed by atoms with E-state index in [1.807, 2.05) is 30.3 Å². The number of amidine groups is 1.